The van der Waals surface area contributed by atoms with Crippen molar-refractivity contribution in [3.05, 3.63) is 0 Å². The maximum Gasteiger partial charge on any atom is 0.257 e. The number of hydrogen-bond donors (Lipinski definition) is 2. The Bertz CT molecular complexity index is 845. The zero-order valence-corrected chi connectivity index (χ0v) is 20.8. The molecule has 3 saturated carbocycles. The molecular weight excluding hydrogens is 469 g/mol. The van der Waals surface area contributed by atoms with E-state index in [2.05, 4.69) is 4.72 Å². The number of amides is 1. The number of nitrogens with zero attached hydrogens (tertiary/aromatic N) is 1. The van der Waals surface area contributed by atoms with E-state index in [1.165, 1.54) is 11.3 Å². The summed E-state index contributed by atoms with van der Waals surface area (Å²) in [5, 5.41) is 10.4. The van der Waals surface area contributed by atoms with E-state index in [0.717, 1.165) is 45.4 Å². The lowest BCUT2D eigenvalue weighted by atomic mass is 9.68. The number of likely N-dealkylation sites (tertiary alicyclic amines) is 1. The van der Waals surface area contributed by atoms with Crippen molar-refractivity contribution < 1.29 is 31.5 Å². The summed E-state index contributed by atoms with van der Waals surface area (Å²) in [7, 11) is -4.22. The van der Waals surface area contributed by atoms with Crippen molar-refractivity contribution in [1.29, 1.82) is 0 Å². The summed E-state index contributed by atoms with van der Waals surface area (Å²) in [4.78, 5) is 14.5. The highest BCUT2D eigenvalue weighted by atomic mass is 32.2. The van der Waals surface area contributed by atoms with E-state index in [-0.39, 0.29) is 24.8 Å². The summed E-state index contributed by atoms with van der Waals surface area (Å²) in [6.45, 7) is -0.0214. The van der Waals surface area contributed by atoms with Crippen LogP contribution >= 0.6 is 0 Å². The highest BCUT2D eigenvalue weighted by molar-refractivity contribution is 7.89. The molecule has 0 bridgehead atoms. The molecule has 3 unspecified atom stereocenters. The van der Waals surface area contributed by atoms with Crippen molar-refractivity contribution in [1.82, 2.24) is 9.62 Å². The molecule has 0 aromatic rings. The highest BCUT2D eigenvalue weighted by Gasteiger charge is 2.63. The van der Waals surface area contributed by atoms with Crippen molar-refractivity contribution in [2.45, 2.75) is 101 Å². The van der Waals surface area contributed by atoms with Crippen LogP contribution in [0.3, 0.4) is 0 Å². The molecule has 2 N–H and O–H groups in total. The molecule has 0 aromatic carbocycles. The molecule has 10 heteroatoms. The molecule has 6 nitrogen and oxygen atoms in total. The third-order valence-electron chi connectivity index (χ3n) is 9.03. The molecule has 1 saturated heterocycles. The van der Waals surface area contributed by atoms with Crippen LogP contribution in [0.1, 0.15) is 77.6 Å². The summed E-state index contributed by atoms with van der Waals surface area (Å²) in [6, 6.07) is -3.10. The Labute approximate surface area is 201 Å². The van der Waals surface area contributed by atoms with Gasteiger partial charge in [-0.25, -0.2) is 26.3 Å². The summed E-state index contributed by atoms with van der Waals surface area (Å²) >= 11 is 0. The van der Waals surface area contributed by atoms with E-state index in [1.54, 1.807) is 0 Å². The first-order chi connectivity index (χ1) is 16.0. The van der Waals surface area contributed by atoms with E-state index >= 15 is 4.39 Å². The Balaban J connectivity index is 1.59. The van der Waals surface area contributed by atoms with E-state index < -0.39 is 57.9 Å². The fourth-order valence-electron chi connectivity index (χ4n) is 6.95. The second kappa shape index (κ2) is 9.88. The molecule has 1 heterocycles. The molecule has 3 aliphatic carbocycles. The molecule has 6 atom stereocenters. The molecule has 1 spiro atoms. The topological polar surface area (TPSA) is 86.7 Å². The van der Waals surface area contributed by atoms with E-state index in [0.29, 0.717) is 25.2 Å². The van der Waals surface area contributed by atoms with E-state index in [9.17, 15) is 27.1 Å². The van der Waals surface area contributed by atoms with Gasteiger partial charge < -0.3 is 10.0 Å². The minimum Gasteiger partial charge on any atom is -0.378 e. The van der Waals surface area contributed by atoms with Gasteiger partial charge in [-0.1, -0.05) is 38.5 Å². The number of halogens is 3. The third kappa shape index (κ3) is 5.14. The minimum atomic E-state index is -4.22. The number of hydrogen-bond acceptors (Lipinski definition) is 4. The Morgan fingerprint density at radius 2 is 1.79 bits per heavy atom. The molecule has 196 valence electrons. The number of alkyl halides is 3. The van der Waals surface area contributed by atoms with Gasteiger partial charge in [0.25, 0.3) is 5.91 Å². The van der Waals surface area contributed by atoms with Crippen LogP contribution in [-0.4, -0.2) is 67.4 Å². The van der Waals surface area contributed by atoms with Gasteiger partial charge >= 0.3 is 0 Å². The van der Waals surface area contributed by atoms with Gasteiger partial charge in [0.05, 0.1) is 0 Å². The smallest absolute Gasteiger partial charge is 0.257 e. The van der Waals surface area contributed by atoms with E-state index in [1.807, 2.05) is 0 Å². The third-order valence-corrected chi connectivity index (χ3v) is 9.93. The zero-order valence-electron chi connectivity index (χ0n) is 20.0. The summed E-state index contributed by atoms with van der Waals surface area (Å²) in [5.41, 5.74) is -2.81. The Kier molecular flexibility index (Phi) is 7.62. The Morgan fingerprint density at radius 3 is 2.38 bits per heavy atom. The molecule has 1 aliphatic heterocycles. The van der Waals surface area contributed by atoms with Crippen LogP contribution in [-0.2, 0) is 14.8 Å². The lowest BCUT2D eigenvalue weighted by Crippen LogP contribution is -2.55. The van der Waals surface area contributed by atoms with Crippen molar-refractivity contribution >= 4 is 15.9 Å². The standard InChI is InChI=1S/C24H39F3N2O4S/c1-23(31,13-25)22(30)29-14-24(10-11-24)21(28-34(32,33)15-26)19(29)12-17-8-5-9-18(20(17)27)16-6-3-2-4-7-16/h16-21,28,31H,2-15H2,1H3/t17?,18?,19-,20?,21+,23-/m0/s1. The number of aliphatic hydroxyl groups is 1. The van der Waals surface area contributed by atoms with Crippen molar-refractivity contribution in [3.63, 3.8) is 0 Å². The number of rotatable bonds is 8. The molecular formula is C24H39F3N2O4S. The summed E-state index contributed by atoms with van der Waals surface area (Å²) in [6.07, 6.45) is 8.31. The van der Waals surface area contributed by atoms with Gasteiger partial charge in [0, 0.05) is 24.0 Å². The lowest BCUT2D eigenvalue weighted by molar-refractivity contribution is -0.152. The number of carbonyl (C=O) groups is 1. The predicted octanol–water partition coefficient (Wildman–Crippen LogP) is 3.64. The molecule has 4 rings (SSSR count). The molecule has 1 amide bonds. The van der Waals surface area contributed by atoms with Crippen LogP contribution in [0.2, 0.25) is 0 Å². The maximum atomic E-state index is 15.9. The molecule has 34 heavy (non-hydrogen) atoms. The first kappa shape index (κ1) is 26.2. The van der Waals surface area contributed by atoms with Crippen LogP contribution in [0.15, 0.2) is 0 Å². The van der Waals surface area contributed by atoms with Crippen molar-refractivity contribution in [2.75, 3.05) is 19.2 Å². The Hall–Kier alpha value is -0.870. The number of nitrogens with one attached hydrogen (secondary N) is 1. The van der Waals surface area contributed by atoms with Gasteiger partial charge in [-0.05, 0) is 56.8 Å². The SMILES string of the molecule is C[C@](O)(CF)C(=O)N1CC2(CC2)[C@H](NS(=O)(=O)CF)[C@@H]1CC1CCCC(C2CCCCC2)C1F. The molecule has 4 aliphatic rings. The van der Waals surface area contributed by atoms with Crippen LogP contribution in [0.25, 0.3) is 0 Å². The fourth-order valence-corrected chi connectivity index (χ4v) is 7.81. The second-order valence-electron chi connectivity index (χ2n) is 11.5. The molecule has 0 radical (unpaired) electrons. The van der Waals surface area contributed by atoms with Gasteiger partial charge in [-0.15, -0.1) is 0 Å². The van der Waals surface area contributed by atoms with Crippen molar-refractivity contribution in [2.24, 2.45) is 23.2 Å². The van der Waals surface area contributed by atoms with Gasteiger partial charge in [0.1, 0.15) is 12.8 Å². The van der Waals surface area contributed by atoms with Crippen LogP contribution in [0.5, 0.6) is 0 Å². The first-order valence-electron chi connectivity index (χ1n) is 12.8. The van der Waals surface area contributed by atoms with E-state index in [4.69, 9.17) is 0 Å². The predicted molar refractivity (Wildman–Crippen MR) is 123 cm³/mol. The fraction of sp³-hybridized carbons (Fsp3) is 0.958. The second-order valence-corrected chi connectivity index (χ2v) is 13.2. The molecule has 4 fully saturated rings. The lowest BCUT2D eigenvalue weighted by Gasteiger charge is -2.42. The van der Waals surface area contributed by atoms with Gasteiger partial charge in [0.15, 0.2) is 5.60 Å². The first-order valence-corrected chi connectivity index (χ1v) is 14.5. The zero-order chi connectivity index (χ0) is 24.7. The van der Waals surface area contributed by atoms with Crippen LogP contribution < -0.4 is 4.72 Å². The van der Waals surface area contributed by atoms with Gasteiger partial charge in [-0.2, -0.15) is 0 Å². The Morgan fingerprint density at radius 1 is 1.12 bits per heavy atom. The number of sulfonamides is 1. The summed E-state index contributed by atoms with van der Waals surface area (Å²) in [5.74, 6) is -0.851. The van der Waals surface area contributed by atoms with Gasteiger partial charge in [0.2, 0.25) is 16.0 Å². The maximum absolute atomic E-state index is 15.9. The monoisotopic (exact) mass is 508 g/mol. The average molecular weight is 509 g/mol. The quantitative estimate of drug-likeness (QED) is 0.524. The number of carbonyl (C=O) groups excluding carboxylic acids is 1. The van der Waals surface area contributed by atoms with Gasteiger partial charge in [-0.3, -0.25) is 4.79 Å². The average Bonchev–Trinajstić information content (AvgIpc) is 3.55. The van der Waals surface area contributed by atoms with Crippen LogP contribution in [0.4, 0.5) is 13.2 Å². The normalized spacial score (nSPS) is 35.9. The van der Waals surface area contributed by atoms with Crippen molar-refractivity contribution in [3.8, 4) is 0 Å². The molecule has 0 aromatic heterocycles. The highest BCUT2D eigenvalue weighted by Crippen LogP contribution is 2.57. The van der Waals surface area contributed by atoms with Crippen LogP contribution in [0, 0.1) is 23.2 Å². The largest absolute Gasteiger partial charge is 0.378 e. The summed E-state index contributed by atoms with van der Waals surface area (Å²) < 4.78 is 69.4. The minimum absolute atomic E-state index is 0.0329.